The Labute approximate surface area is 138 Å². The highest BCUT2D eigenvalue weighted by Crippen LogP contribution is 2.19. The topological polar surface area (TPSA) is 48.3 Å². The molecule has 0 spiro atoms. The third kappa shape index (κ3) is 3.51. The second kappa shape index (κ2) is 6.79. The Morgan fingerprint density at radius 3 is 2.74 bits per heavy atom. The first-order valence-electron chi connectivity index (χ1n) is 7.42. The average Bonchev–Trinajstić information content (AvgIpc) is 2.89. The molecule has 0 saturated carbocycles. The van der Waals surface area contributed by atoms with Crippen LogP contribution in [-0.2, 0) is 22.7 Å². The highest BCUT2D eigenvalue weighted by Gasteiger charge is 2.09. The first kappa shape index (κ1) is 15.5. The molecule has 0 N–H and O–H groups in total. The van der Waals surface area contributed by atoms with Crippen molar-refractivity contribution in [3.05, 3.63) is 68.8 Å². The number of ether oxygens (including phenoxy) is 1. The van der Waals surface area contributed by atoms with Crippen LogP contribution in [0.1, 0.15) is 17.7 Å². The van der Waals surface area contributed by atoms with E-state index in [0.29, 0.717) is 6.54 Å². The zero-order valence-corrected chi connectivity index (χ0v) is 13.6. The molecule has 1 heterocycles. The summed E-state index contributed by atoms with van der Waals surface area (Å²) in [6.07, 6.45) is 0.197. The van der Waals surface area contributed by atoms with Gasteiger partial charge in [0.25, 0.3) is 0 Å². The summed E-state index contributed by atoms with van der Waals surface area (Å²) in [5, 5.41) is 4.01. The van der Waals surface area contributed by atoms with Crippen LogP contribution in [0.5, 0.6) is 0 Å². The van der Waals surface area contributed by atoms with E-state index in [2.05, 4.69) is 0 Å². The lowest BCUT2D eigenvalue weighted by Gasteiger charge is -2.08. The minimum Gasteiger partial charge on any atom is -0.461 e. The lowest BCUT2D eigenvalue weighted by molar-refractivity contribution is -0.145. The van der Waals surface area contributed by atoms with Crippen LogP contribution in [0.4, 0.5) is 0 Å². The number of esters is 1. The number of thiazole rings is 1. The van der Waals surface area contributed by atoms with Crippen molar-refractivity contribution in [2.24, 2.45) is 0 Å². The van der Waals surface area contributed by atoms with Crippen LogP contribution in [-0.4, -0.2) is 10.5 Å². The monoisotopic (exact) mass is 327 g/mol. The first-order valence-corrected chi connectivity index (χ1v) is 8.30. The number of carbonyl (C=O) groups excluding carboxylic acids is 1. The SMILES string of the molecule is Cc1csc(=O)n1CCC(=O)OCc1cccc2ccccc12. The lowest BCUT2D eigenvalue weighted by Crippen LogP contribution is -2.17. The van der Waals surface area contributed by atoms with Gasteiger partial charge in [-0.1, -0.05) is 53.8 Å². The van der Waals surface area contributed by atoms with Gasteiger partial charge in [0.05, 0.1) is 6.42 Å². The molecular weight excluding hydrogens is 310 g/mol. The fraction of sp³-hybridized carbons (Fsp3) is 0.222. The summed E-state index contributed by atoms with van der Waals surface area (Å²) >= 11 is 1.15. The molecule has 0 radical (unpaired) electrons. The van der Waals surface area contributed by atoms with Gasteiger partial charge in [-0.05, 0) is 23.3 Å². The predicted octanol–water partition coefficient (Wildman–Crippen LogP) is 3.50. The molecule has 23 heavy (non-hydrogen) atoms. The molecule has 0 amide bonds. The number of nitrogens with zero attached hydrogens (tertiary/aromatic N) is 1. The number of hydrogen-bond donors (Lipinski definition) is 0. The van der Waals surface area contributed by atoms with Gasteiger partial charge in [-0.25, -0.2) is 0 Å². The van der Waals surface area contributed by atoms with Gasteiger partial charge in [0.15, 0.2) is 0 Å². The van der Waals surface area contributed by atoms with E-state index < -0.39 is 0 Å². The van der Waals surface area contributed by atoms with Crippen molar-refractivity contribution < 1.29 is 9.53 Å². The molecule has 1 aromatic heterocycles. The second-order valence-corrected chi connectivity index (χ2v) is 6.16. The number of carbonyl (C=O) groups is 1. The lowest BCUT2D eigenvalue weighted by atomic mass is 10.1. The Bertz CT molecular complexity index is 889. The van der Waals surface area contributed by atoms with E-state index in [-0.39, 0.29) is 23.9 Å². The molecule has 4 nitrogen and oxygen atoms in total. The van der Waals surface area contributed by atoms with E-state index in [9.17, 15) is 9.59 Å². The van der Waals surface area contributed by atoms with Gasteiger partial charge in [-0.2, -0.15) is 0 Å². The van der Waals surface area contributed by atoms with Gasteiger partial charge in [0.1, 0.15) is 6.61 Å². The Morgan fingerprint density at radius 2 is 1.96 bits per heavy atom. The molecule has 0 fully saturated rings. The Kier molecular flexibility index (Phi) is 4.57. The number of fused-ring (bicyclic) bond motifs is 1. The van der Waals surface area contributed by atoms with Gasteiger partial charge >= 0.3 is 10.8 Å². The fourth-order valence-electron chi connectivity index (χ4n) is 2.53. The van der Waals surface area contributed by atoms with Crippen molar-refractivity contribution >= 4 is 28.1 Å². The van der Waals surface area contributed by atoms with Crippen molar-refractivity contribution in [3.63, 3.8) is 0 Å². The van der Waals surface area contributed by atoms with Gasteiger partial charge < -0.3 is 9.30 Å². The smallest absolute Gasteiger partial charge is 0.307 e. The summed E-state index contributed by atoms with van der Waals surface area (Å²) in [7, 11) is 0. The van der Waals surface area contributed by atoms with Crippen LogP contribution in [0, 0.1) is 6.92 Å². The van der Waals surface area contributed by atoms with Crippen LogP contribution in [0.3, 0.4) is 0 Å². The third-order valence-electron chi connectivity index (χ3n) is 3.78. The van der Waals surface area contributed by atoms with Gasteiger partial charge in [-0.3, -0.25) is 9.59 Å². The van der Waals surface area contributed by atoms with Crippen molar-refractivity contribution in [3.8, 4) is 0 Å². The number of benzene rings is 2. The van der Waals surface area contributed by atoms with Crippen molar-refractivity contribution in [2.45, 2.75) is 26.5 Å². The maximum atomic E-state index is 11.9. The molecule has 118 valence electrons. The molecule has 5 heteroatoms. The van der Waals surface area contributed by atoms with E-state index >= 15 is 0 Å². The molecule has 3 aromatic rings. The molecule has 0 aliphatic carbocycles. The predicted molar refractivity (Wildman–Crippen MR) is 91.7 cm³/mol. The minimum absolute atomic E-state index is 0.0376. The van der Waals surface area contributed by atoms with Crippen LogP contribution in [0.25, 0.3) is 10.8 Å². The minimum atomic E-state index is -0.296. The highest BCUT2D eigenvalue weighted by molar-refractivity contribution is 7.07. The first-order chi connectivity index (χ1) is 11.1. The summed E-state index contributed by atoms with van der Waals surface area (Å²) in [4.78, 5) is 23.5. The number of hydrogen-bond acceptors (Lipinski definition) is 4. The molecule has 0 aliphatic rings. The molecule has 0 aliphatic heterocycles. The Hall–Kier alpha value is -2.40. The van der Waals surface area contributed by atoms with Crippen LogP contribution < -0.4 is 4.87 Å². The summed E-state index contributed by atoms with van der Waals surface area (Å²) in [5.41, 5.74) is 1.86. The number of aryl methyl sites for hydroxylation is 1. The zero-order chi connectivity index (χ0) is 16.2. The second-order valence-electron chi connectivity index (χ2n) is 5.34. The summed E-state index contributed by atoms with van der Waals surface area (Å²) in [5.74, 6) is -0.296. The fourth-order valence-corrected chi connectivity index (χ4v) is 3.29. The maximum Gasteiger partial charge on any atom is 0.307 e. The van der Waals surface area contributed by atoms with E-state index in [1.54, 1.807) is 9.95 Å². The normalized spacial score (nSPS) is 10.8. The van der Waals surface area contributed by atoms with Crippen molar-refractivity contribution in [1.82, 2.24) is 4.57 Å². The van der Waals surface area contributed by atoms with E-state index in [4.69, 9.17) is 4.74 Å². The quantitative estimate of drug-likeness (QED) is 0.674. The molecular formula is C18H17NO3S. The summed E-state index contributed by atoms with van der Waals surface area (Å²) < 4.78 is 6.96. The van der Waals surface area contributed by atoms with E-state index in [1.165, 1.54) is 0 Å². The zero-order valence-electron chi connectivity index (χ0n) is 12.8. The highest BCUT2D eigenvalue weighted by atomic mass is 32.1. The molecule has 0 bridgehead atoms. The summed E-state index contributed by atoms with van der Waals surface area (Å²) in [6.45, 7) is 2.47. The Balaban J connectivity index is 1.61. The molecule has 3 rings (SSSR count). The number of rotatable bonds is 5. The Morgan fingerprint density at radius 1 is 1.17 bits per heavy atom. The van der Waals surface area contributed by atoms with Gasteiger partial charge in [0.2, 0.25) is 0 Å². The third-order valence-corrected chi connectivity index (χ3v) is 4.67. The van der Waals surface area contributed by atoms with Crippen molar-refractivity contribution in [2.75, 3.05) is 0 Å². The number of aromatic nitrogens is 1. The van der Waals surface area contributed by atoms with Gasteiger partial charge in [0, 0.05) is 17.6 Å². The van der Waals surface area contributed by atoms with Crippen molar-refractivity contribution in [1.29, 1.82) is 0 Å². The maximum absolute atomic E-state index is 11.9. The molecule has 0 atom stereocenters. The molecule has 0 saturated heterocycles. The van der Waals surface area contributed by atoms with Crippen LogP contribution >= 0.6 is 11.3 Å². The van der Waals surface area contributed by atoms with E-state index in [1.807, 2.05) is 49.4 Å². The largest absolute Gasteiger partial charge is 0.461 e. The average molecular weight is 327 g/mol. The standard InChI is InChI=1S/C18H17NO3S/c1-13-12-23-18(21)19(13)10-9-17(20)22-11-15-7-4-6-14-5-2-3-8-16(14)15/h2-8,12H,9-11H2,1H3. The van der Waals surface area contributed by atoms with Crippen LogP contribution in [0.15, 0.2) is 52.6 Å². The van der Waals surface area contributed by atoms with E-state index in [0.717, 1.165) is 33.4 Å². The molecule has 0 unspecified atom stereocenters. The summed E-state index contributed by atoms with van der Waals surface area (Å²) in [6, 6.07) is 14.0. The van der Waals surface area contributed by atoms with Gasteiger partial charge in [-0.15, -0.1) is 0 Å². The molecule has 2 aromatic carbocycles. The van der Waals surface area contributed by atoms with Crippen LogP contribution in [0.2, 0.25) is 0 Å².